The van der Waals surface area contributed by atoms with Crippen LogP contribution in [0.3, 0.4) is 0 Å². The molecular weight excluding hydrogens is 240 g/mol. The highest BCUT2D eigenvalue weighted by atomic mass is 32.1. The predicted molar refractivity (Wildman–Crippen MR) is 77.5 cm³/mol. The summed E-state index contributed by atoms with van der Waals surface area (Å²) in [6.07, 6.45) is 6.34. The normalized spacial score (nSPS) is 11.2. The first-order valence-corrected chi connectivity index (χ1v) is 6.79. The van der Waals surface area contributed by atoms with E-state index in [0.717, 1.165) is 17.1 Å². The fourth-order valence-electron chi connectivity index (χ4n) is 2.20. The Morgan fingerprint density at radius 1 is 1.28 bits per heavy atom. The van der Waals surface area contributed by atoms with E-state index >= 15 is 0 Å². The first kappa shape index (κ1) is 13.2. The average molecular weight is 261 g/mol. The summed E-state index contributed by atoms with van der Waals surface area (Å²) in [5.74, 6) is 0.653. The van der Waals surface area contributed by atoms with E-state index in [-0.39, 0.29) is 0 Å². The maximum absolute atomic E-state index is 4.62. The van der Waals surface area contributed by atoms with Crippen LogP contribution < -0.4 is 4.57 Å². The molecule has 0 radical (unpaired) electrons. The molecule has 0 saturated heterocycles. The maximum Gasteiger partial charge on any atom is 0.249 e. The van der Waals surface area contributed by atoms with Gasteiger partial charge >= 0.3 is 0 Å². The van der Waals surface area contributed by atoms with Gasteiger partial charge in [0.1, 0.15) is 18.1 Å². The lowest BCUT2D eigenvalue weighted by Crippen LogP contribution is -2.33. The maximum atomic E-state index is 4.62. The van der Waals surface area contributed by atoms with Gasteiger partial charge < -0.3 is 0 Å². The van der Waals surface area contributed by atoms with Crippen molar-refractivity contribution < 1.29 is 4.57 Å². The predicted octanol–water partition coefficient (Wildman–Crippen LogP) is 3.33. The molecule has 96 valence electrons. The van der Waals surface area contributed by atoms with Gasteiger partial charge in [0.25, 0.3) is 0 Å². The topological polar surface area (TPSA) is 8.81 Å². The van der Waals surface area contributed by atoms with Gasteiger partial charge in [0, 0.05) is 0 Å². The Hall–Kier alpha value is -1.22. The molecule has 3 heteroatoms. The molecule has 1 heterocycles. The van der Waals surface area contributed by atoms with Gasteiger partial charge in [-0.1, -0.05) is 19.9 Å². The van der Waals surface area contributed by atoms with Crippen LogP contribution in [0.15, 0.2) is 35.7 Å². The molecule has 0 unspecified atom stereocenters. The number of benzene rings is 1. The van der Waals surface area contributed by atoms with Crippen LogP contribution in [-0.2, 0) is 6.54 Å². The number of aryl methyl sites for hydroxylation is 2. The summed E-state index contributed by atoms with van der Waals surface area (Å²) in [7, 11) is 0. The minimum Gasteiger partial charge on any atom is -0.236 e. The van der Waals surface area contributed by atoms with Crippen LogP contribution in [0, 0.1) is 19.8 Å². The van der Waals surface area contributed by atoms with E-state index in [1.54, 1.807) is 0 Å². The van der Waals surface area contributed by atoms with Crippen molar-refractivity contribution in [2.75, 3.05) is 0 Å². The van der Waals surface area contributed by atoms with Gasteiger partial charge in [-0.3, -0.25) is 0 Å². The van der Waals surface area contributed by atoms with Crippen LogP contribution in [0.1, 0.15) is 25.0 Å². The molecule has 2 rings (SSSR count). The van der Waals surface area contributed by atoms with Crippen molar-refractivity contribution in [3.63, 3.8) is 0 Å². The molecule has 0 atom stereocenters. The molecule has 2 aromatic rings. The van der Waals surface area contributed by atoms with Crippen molar-refractivity contribution in [1.82, 2.24) is 4.57 Å². The van der Waals surface area contributed by atoms with Crippen LogP contribution >= 0.6 is 12.6 Å². The molecule has 18 heavy (non-hydrogen) atoms. The van der Waals surface area contributed by atoms with Gasteiger partial charge in [-0.05, 0) is 37.0 Å². The third kappa shape index (κ3) is 2.78. The zero-order valence-corrected chi connectivity index (χ0v) is 12.4. The van der Waals surface area contributed by atoms with Crippen molar-refractivity contribution in [2.45, 2.75) is 39.1 Å². The van der Waals surface area contributed by atoms with Gasteiger partial charge in [-0.25, -0.2) is 9.13 Å². The number of rotatable bonds is 3. The summed E-state index contributed by atoms with van der Waals surface area (Å²) in [6, 6.07) is 4.34. The molecule has 0 spiro atoms. The Bertz CT molecular complexity index is 556. The van der Waals surface area contributed by atoms with Gasteiger partial charge in [0.15, 0.2) is 0 Å². The van der Waals surface area contributed by atoms with Crippen LogP contribution in [0.4, 0.5) is 0 Å². The Labute approximate surface area is 115 Å². The molecule has 1 aromatic heterocycles. The number of imidazole rings is 1. The van der Waals surface area contributed by atoms with E-state index in [9.17, 15) is 0 Å². The zero-order chi connectivity index (χ0) is 13.3. The quantitative estimate of drug-likeness (QED) is 0.641. The van der Waals surface area contributed by atoms with Crippen molar-refractivity contribution in [1.29, 1.82) is 0 Å². The molecule has 0 fully saturated rings. The molecule has 0 saturated carbocycles. The molecule has 0 aliphatic rings. The highest BCUT2D eigenvalue weighted by molar-refractivity contribution is 7.80. The molecule has 1 aromatic carbocycles. The summed E-state index contributed by atoms with van der Waals surface area (Å²) in [4.78, 5) is 1.05. The largest absolute Gasteiger partial charge is 0.249 e. The van der Waals surface area contributed by atoms with Crippen molar-refractivity contribution in [3.05, 3.63) is 42.0 Å². The van der Waals surface area contributed by atoms with E-state index < -0.39 is 0 Å². The average Bonchev–Trinajstić information content (AvgIpc) is 2.70. The molecule has 2 nitrogen and oxygen atoms in total. The van der Waals surface area contributed by atoms with E-state index in [0.29, 0.717) is 5.92 Å². The van der Waals surface area contributed by atoms with Crippen LogP contribution in [0.5, 0.6) is 0 Å². The molecular formula is C15H21N2S+. The first-order chi connectivity index (χ1) is 8.47. The Balaban J connectivity index is 2.40. The third-order valence-corrected chi connectivity index (χ3v) is 3.55. The highest BCUT2D eigenvalue weighted by Crippen LogP contribution is 2.23. The number of hydrogen-bond acceptors (Lipinski definition) is 1. The summed E-state index contributed by atoms with van der Waals surface area (Å²) in [5.41, 5.74) is 3.64. The molecule has 0 N–H and O–H groups in total. The van der Waals surface area contributed by atoms with Crippen LogP contribution in [-0.4, -0.2) is 4.57 Å². The lowest BCUT2D eigenvalue weighted by molar-refractivity contribution is -0.701. The van der Waals surface area contributed by atoms with E-state index in [2.05, 4.69) is 80.3 Å². The molecule has 0 bridgehead atoms. The van der Waals surface area contributed by atoms with Gasteiger partial charge in [-0.15, -0.1) is 12.6 Å². The lowest BCUT2D eigenvalue weighted by Gasteiger charge is -2.06. The first-order valence-electron chi connectivity index (χ1n) is 6.35. The highest BCUT2D eigenvalue weighted by Gasteiger charge is 2.12. The second kappa shape index (κ2) is 5.19. The third-order valence-electron chi connectivity index (χ3n) is 2.97. The fraction of sp³-hybridized carbons (Fsp3) is 0.400. The Morgan fingerprint density at radius 2 is 2.00 bits per heavy atom. The smallest absolute Gasteiger partial charge is 0.236 e. The molecule has 0 amide bonds. The Morgan fingerprint density at radius 3 is 2.67 bits per heavy atom. The van der Waals surface area contributed by atoms with Gasteiger partial charge in [0.05, 0.1) is 11.4 Å². The van der Waals surface area contributed by atoms with Crippen LogP contribution in [0.25, 0.3) is 5.69 Å². The minimum absolute atomic E-state index is 0.653. The fourth-order valence-corrected chi connectivity index (χ4v) is 2.45. The van der Waals surface area contributed by atoms with Crippen molar-refractivity contribution in [3.8, 4) is 5.69 Å². The second-order valence-electron chi connectivity index (χ2n) is 5.36. The summed E-state index contributed by atoms with van der Waals surface area (Å²) >= 11 is 4.62. The number of hydrogen-bond donors (Lipinski definition) is 1. The van der Waals surface area contributed by atoms with E-state index in [4.69, 9.17) is 0 Å². The van der Waals surface area contributed by atoms with Gasteiger partial charge in [0.2, 0.25) is 6.33 Å². The molecule has 0 aliphatic heterocycles. The summed E-state index contributed by atoms with van der Waals surface area (Å²) in [6.45, 7) is 9.72. The number of aromatic nitrogens is 2. The summed E-state index contributed by atoms with van der Waals surface area (Å²) in [5, 5.41) is 0. The summed E-state index contributed by atoms with van der Waals surface area (Å²) < 4.78 is 4.36. The van der Waals surface area contributed by atoms with Crippen LogP contribution in [0.2, 0.25) is 0 Å². The molecule has 0 aliphatic carbocycles. The Kier molecular flexibility index (Phi) is 3.81. The zero-order valence-electron chi connectivity index (χ0n) is 11.5. The van der Waals surface area contributed by atoms with E-state index in [1.165, 1.54) is 11.1 Å². The van der Waals surface area contributed by atoms with Crippen molar-refractivity contribution >= 4 is 12.6 Å². The van der Waals surface area contributed by atoms with Gasteiger partial charge in [-0.2, -0.15) is 0 Å². The minimum atomic E-state index is 0.653. The standard InChI is InChI=1S/C15H20N2S/c1-11(2)9-16-5-6-17(10-16)14-8-12(3)7-13(4)15(14)18/h5-8,10-11H,9H2,1-4H3/p+1. The SMILES string of the molecule is Cc1cc(C)c(S)c(-n2cc[n+](CC(C)C)c2)c1. The van der Waals surface area contributed by atoms with Crippen molar-refractivity contribution in [2.24, 2.45) is 5.92 Å². The number of nitrogens with zero attached hydrogens (tertiary/aromatic N) is 2. The van der Waals surface area contributed by atoms with E-state index in [1.807, 2.05) is 0 Å². The number of thiol groups is 1. The lowest BCUT2D eigenvalue weighted by atomic mass is 10.1. The monoisotopic (exact) mass is 261 g/mol. The second-order valence-corrected chi connectivity index (χ2v) is 5.81.